The molecule has 32 heavy (non-hydrogen) atoms. The third kappa shape index (κ3) is 2.66. The molecule has 0 radical (unpaired) electrons. The van der Waals surface area contributed by atoms with Gasteiger partial charge in [0.25, 0.3) is 0 Å². The third-order valence-electron chi connectivity index (χ3n) is 6.63. The number of aryl methyl sites for hydroxylation is 1. The highest BCUT2D eigenvalue weighted by Crippen LogP contribution is 2.44. The topological polar surface area (TPSA) is 24.1 Å². The highest BCUT2D eigenvalue weighted by atomic mass is 14.9. The Hall–Kier alpha value is -4.04. The first-order valence-electron chi connectivity index (χ1n) is 11.1. The van der Waals surface area contributed by atoms with Gasteiger partial charge in [0, 0.05) is 45.1 Å². The molecule has 0 fully saturated rings. The number of rotatable bonds is 3. The first-order valence-corrected chi connectivity index (χ1v) is 11.1. The van der Waals surface area contributed by atoms with E-state index in [9.17, 15) is 0 Å². The van der Waals surface area contributed by atoms with E-state index in [1.807, 2.05) is 7.05 Å². The van der Waals surface area contributed by atoms with Gasteiger partial charge in [-0.05, 0) is 23.3 Å². The van der Waals surface area contributed by atoms with E-state index in [1.165, 1.54) is 54.3 Å². The van der Waals surface area contributed by atoms with Crippen LogP contribution in [0.5, 0.6) is 0 Å². The fourth-order valence-corrected chi connectivity index (χ4v) is 5.14. The molecule has 6 aromatic rings. The van der Waals surface area contributed by atoms with Gasteiger partial charge in [-0.1, -0.05) is 97.1 Å². The number of hydrogen-bond acceptors (Lipinski definition) is 2. The number of hydrogen-bond donors (Lipinski definition) is 2. The molecule has 6 aromatic carbocycles. The maximum Gasteiger partial charge on any atom is 0.0545 e. The van der Waals surface area contributed by atoms with Crippen molar-refractivity contribution in [3.63, 3.8) is 0 Å². The molecule has 0 saturated heterocycles. The van der Waals surface area contributed by atoms with Gasteiger partial charge in [-0.25, -0.2) is 0 Å². The lowest BCUT2D eigenvalue weighted by molar-refractivity contribution is 1.56. The van der Waals surface area contributed by atoms with Crippen molar-refractivity contribution in [2.75, 3.05) is 17.7 Å². The highest BCUT2D eigenvalue weighted by Gasteiger charge is 2.16. The van der Waals surface area contributed by atoms with E-state index in [1.54, 1.807) is 0 Å². The Labute approximate surface area is 187 Å². The van der Waals surface area contributed by atoms with Crippen LogP contribution in [0.3, 0.4) is 0 Å². The second-order valence-electron chi connectivity index (χ2n) is 8.31. The van der Waals surface area contributed by atoms with Crippen molar-refractivity contribution < 1.29 is 0 Å². The molecular weight excluding hydrogens is 388 g/mol. The molecule has 0 aromatic heterocycles. The number of anilines is 3. The Morgan fingerprint density at radius 3 is 1.03 bits per heavy atom. The van der Waals surface area contributed by atoms with Crippen molar-refractivity contribution in [2.24, 2.45) is 0 Å². The number of fused-ring (bicyclic) bond motifs is 4. The summed E-state index contributed by atoms with van der Waals surface area (Å²) in [4.78, 5) is 0. The van der Waals surface area contributed by atoms with Crippen LogP contribution in [0.4, 0.5) is 17.1 Å². The van der Waals surface area contributed by atoms with Gasteiger partial charge < -0.3 is 10.6 Å². The molecule has 0 heterocycles. The van der Waals surface area contributed by atoms with Crippen molar-refractivity contribution in [3.8, 4) is 0 Å². The van der Waals surface area contributed by atoms with Crippen LogP contribution in [0, 0.1) is 6.92 Å². The van der Waals surface area contributed by atoms with E-state index in [0.717, 1.165) is 11.4 Å². The molecule has 0 aliphatic carbocycles. The Kier molecular flexibility index (Phi) is 4.26. The molecule has 0 spiro atoms. The van der Waals surface area contributed by atoms with Crippen LogP contribution in [0.2, 0.25) is 0 Å². The van der Waals surface area contributed by atoms with Crippen LogP contribution in [-0.4, -0.2) is 7.05 Å². The fraction of sp³-hybridized carbons (Fsp3) is 0.0667. The maximum atomic E-state index is 3.93. The highest BCUT2D eigenvalue weighted by molar-refractivity contribution is 6.23. The first-order chi connectivity index (χ1) is 15.8. The predicted molar refractivity (Wildman–Crippen MR) is 140 cm³/mol. The molecule has 0 bridgehead atoms. The second kappa shape index (κ2) is 7.28. The van der Waals surface area contributed by atoms with Crippen molar-refractivity contribution in [1.29, 1.82) is 0 Å². The average Bonchev–Trinajstić information content (AvgIpc) is 2.86. The van der Waals surface area contributed by atoms with Crippen molar-refractivity contribution in [1.82, 2.24) is 0 Å². The SMILES string of the molecule is CNc1c2ccccc2c(Nc2c3ccccc3c(C)c3ccccc23)c2ccccc12. The van der Waals surface area contributed by atoms with E-state index in [0.29, 0.717) is 0 Å². The lowest BCUT2D eigenvalue weighted by Crippen LogP contribution is -1.99. The standard InChI is InChI=1S/C30H24N2/c1-19-20-11-3-5-13-22(20)29(23-14-6-4-12-21(19)23)32-30-26-17-9-7-15-24(26)28(31-2)25-16-8-10-18-27(25)30/h3-18,31-32H,1-2H3. The average molecular weight is 413 g/mol. The summed E-state index contributed by atoms with van der Waals surface area (Å²) in [5.74, 6) is 0. The van der Waals surface area contributed by atoms with Crippen LogP contribution < -0.4 is 10.6 Å². The van der Waals surface area contributed by atoms with Crippen molar-refractivity contribution in [2.45, 2.75) is 6.92 Å². The van der Waals surface area contributed by atoms with Crippen LogP contribution in [0.1, 0.15) is 5.56 Å². The summed E-state index contributed by atoms with van der Waals surface area (Å²) < 4.78 is 0. The minimum atomic E-state index is 1.15. The zero-order valence-corrected chi connectivity index (χ0v) is 18.2. The molecular formula is C30H24N2. The van der Waals surface area contributed by atoms with Gasteiger partial charge in [0.05, 0.1) is 11.4 Å². The molecule has 0 saturated carbocycles. The first kappa shape index (κ1) is 18.7. The molecule has 2 N–H and O–H groups in total. The Bertz CT molecular complexity index is 1530. The van der Waals surface area contributed by atoms with E-state index in [2.05, 4.69) is 115 Å². The lowest BCUT2D eigenvalue weighted by Gasteiger charge is -2.21. The van der Waals surface area contributed by atoms with Gasteiger partial charge in [0.1, 0.15) is 0 Å². The Balaban J connectivity index is 1.75. The fourth-order valence-electron chi connectivity index (χ4n) is 5.14. The summed E-state index contributed by atoms with van der Waals surface area (Å²) in [6.07, 6.45) is 0. The summed E-state index contributed by atoms with van der Waals surface area (Å²) in [7, 11) is 2.00. The minimum absolute atomic E-state index is 1.15. The van der Waals surface area contributed by atoms with Gasteiger partial charge >= 0.3 is 0 Å². The van der Waals surface area contributed by atoms with Crippen LogP contribution in [0.25, 0.3) is 43.1 Å². The summed E-state index contributed by atoms with van der Waals surface area (Å²) in [5, 5.41) is 17.3. The van der Waals surface area contributed by atoms with E-state index >= 15 is 0 Å². The molecule has 0 amide bonds. The normalized spacial score (nSPS) is 11.4. The smallest absolute Gasteiger partial charge is 0.0545 e. The largest absolute Gasteiger partial charge is 0.387 e. The van der Waals surface area contributed by atoms with Gasteiger partial charge in [-0.3, -0.25) is 0 Å². The van der Waals surface area contributed by atoms with Gasteiger partial charge in [0.15, 0.2) is 0 Å². The lowest BCUT2D eigenvalue weighted by atomic mass is 9.94. The second-order valence-corrected chi connectivity index (χ2v) is 8.31. The molecule has 2 nitrogen and oxygen atoms in total. The molecule has 0 atom stereocenters. The van der Waals surface area contributed by atoms with Crippen LogP contribution in [-0.2, 0) is 0 Å². The molecule has 154 valence electrons. The van der Waals surface area contributed by atoms with E-state index < -0.39 is 0 Å². The summed E-state index contributed by atoms with van der Waals surface area (Å²) >= 11 is 0. The Morgan fingerprint density at radius 2 is 0.688 bits per heavy atom. The number of nitrogens with one attached hydrogen (secondary N) is 2. The zero-order valence-electron chi connectivity index (χ0n) is 18.2. The molecule has 0 unspecified atom stereocenters. The van der Waals surface area contributed by atoms with Gasteiger partial charge in [-0.15, -0.1) is 0 Å². The van der Waals surface area contributed by atoms with Crippen molar-refractivity contribution in [3.05, 3.63) is 103 Å². The predicted octanol–water partition coefficient (Wildman–Crippen LogP) is 8.39. The third-order valence-corrected chi connectivity index (χ3v) is 6.63. The van der Waals surface area contributed by atoms with Crippen LogP contribution in [0.15, 0.2) is 97.1 Å². The van der Waals surface area contributed by atoms with E-state index in [4.69, 9.17) is 0 Å². The quantitative estimate of drug-likeness (QED) is 0.225. The van der Waals surface area contributed by atoms with Crippen molar-refractivity contribution >= 4 is 60.2 Å². The minimum Gasteiger partial charge on any atom is -0.387 e. The zero-order chi connectivity index (χ0) is 21.7. The molecule has 2 heteroatoms. The Morgan fingerprint density at radius 1 is 0.406 bits per heavy atom. The summed E-state index contributed by atoms with van der Waals surface area (Å²) in [6, 6.07) is 34.7. The molecule has 0 aliphatic heterocycles. The summed E-state index contributed by atoms with van der Waals surface area (Å²) in [5.41, 5.74) is 4.80. The van der Waals surface area contributed by atoms with Gasteiger partial charge in [-0.2, -0.15) is 0 Å². The molecule has 6 rings (SSSR count). The van der Waals surface area contributed by atoms with Gasteiger partial charge in [0.2, 0.25) is 0 Å². The maximum absolute atomic E-state index is 3.93. The number of benzene rings is 6. The van der Waals surface area contributed by atoms with Crippen LogP contribution >= 0.6 is 0 Å². The monoisotopic (exact) mass is 412 g/mol. The van der Waals surface area contributed by atoms with E-state index in [-0.39, 0.29) is 0 Å². The molecule has 0 aliphatic rings. The summed E-state index contributed by atoms with van der Waals surface area (Å²) in [6.45, 7) is 2.22.